The van der Waals surface area contributed by atoms with Gasteiger partial charge in [-0.05, 0) is 117 Å². The number of aromatic nitrogens is 1. The van der Waals surface area contributed by atoms with Crippen molar-refractivity contribution >= 4 is 82.4 Å². The van der Waals surface area contributed by atoms with Crippen molar-refractivity contribution in [2.45, 2.75) is 0 Å². The van der Waals surface area contributed by atoms with Gasteiger partial charge in [-0.1, -0.05) is 170 Å². The van der Waals surface area contributed by atoms with Gasteiger partial charge in [0.1, 0.15) is 11.2 Å². The van der Waals surface area contributed by atoms with Gasteiger partial charge in [0, 0.05) is 49.4 Å². The minimum atomic E-state index is 0.865. The Bertz CT molecular complexity index is 3930. The van der Waals surface area contributed by atoms with Crippen molar-refractivity contribution in [1.29, 1.82) is 0 Å². The van der Waals surface area contributed by atoms with Gasteiger partial charge in [0.15, 0.2) is 0 Å². The Morgan fingerprint density at radius 3 is 1.52 bits per heavy atom. The van der Waals surface area contributed by atoms with Crippen LogP contribution in [-0.2, 0) is 0 Å². The predicted molar refractivity (Wildman–Crippen MR) is 274 cm³/mol. The Kier molecular flexibility index (Phi) is 8.53. The van der Waals surface area contributed by atoms with Crippen molar-refractivity contribution in [2.24, 2.45) is 0 Å². The third-order valence-electron chi connectivity index (χ3n) is 13.1. The van der Waals surface area contributed by atoms with Crippen LogP contribution < -0.4 is 4.90 Å². The molecule has 0 saturated heterocycles. The summed E-state index contributed by atoms with van der Waals surface area (Å²) in [5.41, 5.74) is 15.5. The third kappa shape index (κ3) is 6.05. The molecule has 11 aromatic carbocycles. The van der Waals surface area contributed by atoms with Crippen LogP contribution in [0.2, 0.25) is 0 Å². The van der Waals surface area contributed by atoms with Gasteiger partial charge >= 0.3 is 0 Å². The Hall–Kier alpha value is -8.66. The molecule has 0 spiro atoms. The average Bonchev–Trinajstić information content (AvgIpc) is 3.92. The van der Waals surface area contributed by atoms with Crippen LogP contribution in [0.15, 0.2) is 247 Å². The molecule has 0 amide bonds. The highest BCUT2D eigenvalue weighted by Gasteiger charge is 2.25. The van der Waals surface area contributed by atoms with E-state index < -0.39 is 0 Å². The molecule has 3 nitrogen and oxygen atoms in total. The van der Waals surface area contributed by atoms with E-state index in [1.165, 1.54) is 54.9 Å². The molecule has 0 unspecified atom stereocenters. The van der Waals surface area contributed by atoms with E-state index in [0.717, 1.165) is 66.5 Å². The highest BCUT2D eigenvalue weighted by atomic mass is 16.3. The van der Waals surface area contributed by atoms with Crippen molar-refractivity contribution in [3.63, 3.8) is 0 Å². The largest absolute Gasteiger partial charge is 0.456 e. The molecule has 0 N–H and O–H groups in total. The summed E-state index contributed by atoms with van der Waals surface area (Å²) in [4.78, 5) is 2.51. The number of nitrogens with zero attached hydrogens (tertiary/aromatic N) is 2. The molecule has 13 aromatic rings. The molecule has 2 heterocycles. The van der Waals surface area contributed by atoms with E-state index >= 15 is 0 Å². The zero-order valence-corrected chi connectivity index (χ0v) is 35.4. The Balaban J connectivity index is 1.18. The fourth-order valence-electron chi connectivity index (χ4n) is 10.2. The van der Waals surface area contributed by atoms with Crippen molar-refractivity contribution in [3.05, 3.63) is 243 Å². The molecule has 304 valence electrons. The molecule has 3 heteroatoms. The molecule has 0 atom stereocenters. The molecule has 65 heavy (non-hydrogen) atoms. The van der Waals surface area contributed by atoms with Gasteiger partial charge in [0.25, 0.3) is 0 Å². The zero-order valence-electron chi connectivity index (χ0n) is 35.4. The van der Waals surface area contributed by atoms with Gasteiger partial charge in [-0.3, -0.25) is 0 Å². The first-order valence-electron chi connectivity index (χ1n) is 22.2. The molecular weight excluding hydrogens is 789 g/mol. The smallest absolute Gasteiger partial charge is 0.135 e. The van der Waals surface area contributed by atoms with E-state index in [1.54, 1.807) is 0 Å². The van der Waals surface area contributed by atoms with E-state index in [1.807, 2.05) is 6.07 Å². The minimum absolute atomic E-state index is 0.865. The number of furan rings is 1. The average molecular weight is 829 g/mol. The number of hydrogen-bond acceptors (Lipinski definition) is 2. The van der Waals surface area contributed by atoms with Gasteiger partial charge in [-0.2, -0.15) is 0 Å². The number of para-hydroxylation sites is 3. The Morgan fingerprint density at radius 1 is 0.292 bits per heavy atom. The van der Waals surface area contributed by atoms with Crippen molar-refractivity contribution < 1.29 is 4.42 Å². The maximum atomic E-state index is 6.45. The number of benzene rings is 11. The minimum Gasteiger partial charge on any atom is -0.456 e. The second-order valence-electron chi connectivity index (χ2n) is 16.8. The van der Waals surface area contributed by atoms with E-state index in [9.17, 15) is 0 Å². The van der Waals surface area contributed by atoms with Crippen molar-refractivity contribution in [3.8, 4) is 39.1 Å². The summed E-state index contributed by atoms with van der Waals surface area (Å²) in [5, 5.41) is 9.26. The lowest BCUT2D eigenvalue weighted by molar-refractivity contribution is 0.669. The fourth-order valence-corrected chi connectivity index (χ4v) is 10.2. The van der Waals surface area contributed by atoms with Crippen LogP contribution in [0, 0.1) is 0 Å². The van der Waals surface area contributed by atoms with E-state index in [-0.39, 0.29) is 0 Å². The Morgan fingerprint density at radius 2 is 0.815 bits per heavy atom. The molecule has 0 fully saturated rings. The standard InChI is InChI=1S/C62H40N2O/c1-5-17-41(18-6-1)44-30-34-52-55(37-44)61(43-21-9-3-10-22-43)51-33-29-45(42-19-7-2-8-20-42)38-56(51)62(52)63(48-32-36-60-54(40-48)50-26-14-16-28-59(50)65-60)47-31-35-58-53(39-47)49-25-13-15-27-57(49)64(58)46-23-11-4-12-24-46/h1-40H. The first-order valence-corrected chi connectivity index (χ1v) is 22.2. The predicted octanol–water partition coefficient (Wildman–Crippen LogP) is 17.5. The molecule has 0 aliphatic heterocycles. The van der Waals surface area contributed by atoms with E-state index in [2.05, 4.69) is 246 Å². The summed E-state index contributed by atoms with van der Waals surface area (Å²) in [6.07, 6.45) is 0. The first-order chi connectivity index (χ1) is 32.2. The monoisotopic (exact) mass is 828 g/mol. The molecule has 0 bridgehead atoms. The lowest BCUT2D eigenvalue weighted by Crippen LogP contribution is -2.12. The molecule has 0 aliphatic carbocycles. The van der Waals surface area contributed by atoms with Gasteiger partial charge in [-0.15, -0.1) is 0 Å². The third-order valence-corrected chi connectivity index (χ3v) is 13.1. The molecule has 0 radical (unpaired) electrons. The highest BCUT2D eigenvalue weighted by molar-refractivity contribution is 6.24. The molecule has 2 aromatic heterocycles. The lowest BCUT2D eigenvalue weighted by Gasteiger charge is -2.30. The summed E-state index contributed by atoms with van der Waals surface area (Å²) in [6, 6.07) is 88.0. The van der Waals surface area contributed by atoms with Crippen LogP contribution >= 0.6 is 0 Å². The first kappa shape index (κ1) is 36.9. The van der Waals surface area contributed by atoms with Crippen LogP contribution in [0.25, 0.3) is 104 Å². The fraction of sp³-hybridized carbons (Fsp3) is 0. The molecule has 0 saturated carbocycles. The summed E-state index contributed by atoms with van der Waals surface area (Å²) >= 11 is 0. The van der Waals surface area contributed by atoms with Crippen LogP contribution in [0.5, 0.6) is 0 Å². The number of anilines is 3. The molecule has 13 rings (SSSR count). The summed E-state index contributed by atoms with van der Waals surface area (Å²) < 4.78 is 8.84. The van der Waals surface area contributed by atoms with E-state index in [4.69, 9.17) is 4.42 Å². The summed E-state index contributed by atoms with van der Waals surface area (Å²) in [5.74, 6) is 0. The normalized spacial score (nSPS) is 11.7. The van der Waals surface area contributed by atoms with Gasteiger partial charge < -0.3 is 13.9 Å². The van der Waals surface area contributed by atoms with Crippen molar-refractivity contribution in [2.75, 3.05) is 4.90 Å². The number of rotatable bonds is 7. The van der Waals surface area contributed by atoms with Gasteiger partial charge in [-0.25, -0.2) is 0 Å². The Labute approximate surface area is 376 Å². The summed E-state index contributed by atoms with van der Waals surface area (Å²) in [6.45, 7) is 0. The highest BCUT2D eigenvalue weighted by Crippen LogP contribution is 2.51. The van der Waals surface area contributed by atoms with Gasteiger partial charge in [0.05, 0.1) is 16.7 Å². The molecule has 0 aliphatic rings. The van der Waals surface area contributed by atoms with Crippen LogP contribution in [-0.4, -0.2) is 4.57 Å². The van der Waals surface area contributed by atoms with Crippen LogP contribution in [0.4, 0.5) is 17.1 Å². The molecular formula is C62H40N2O. The number of fused-ring (bicyclic) bond motifs is 8. The summed E-state index contributed by atoms with van der Waals surface area (Å²) in [7, 11) is 0. The van der Waals surface area contributed by atoms with Crippen molar-refractivity contribution in [1.82, 2.24) is 4.57 Å². The second kappa shape index (κ2) is 15.0. The second-order valence-corrected chi connectivity index (χ2v) is 16.8. The number of hydrogen-bond donors (Lipinski definition) is 0. The quantitative estimate of drug-likeness (QED) is 0.149. The van der Waals surface area contributed by atoms with Crippen LogP contribution in [0.1, 0.15) is 0 Å². The lowest BCUT2D eigenvalue weighted by atomic mass is 9.87. The maximum Gasteiger partial charge on any atom is 0.135 e. The maximum absolute atomic E-state index is 6.45. The zero-order chi connectivity index (χ0) is 42.8. The van der Waals surface area contributed by atoms with E-state index in [0.29, 0.717) is 0 Å². The topological polar surface area (TPSA) is 21.3 Å². The van der Waals surface area contributed by atoms with Crippen LogP contribution in [0.3, 0.4) is 0 Å². The van der Waals surface area contributed by atoms with Gasteiger partial charge in [0.2, 0.25) is 0 Å². The SMILES string of the molecule is c1ccc(-c2ccc3c(N(c4ccc5oc6ccccc6c5c4)c4ccc5c(c4)c4ccccc4n5-c4ccccc4)c4cc(-c5ccccc5)ccc4c(-c4ccccc4)c3c2)cc1.